The summed E-state index contributed by atoms with van der Waals surface area (Å²) >= 11 is 12.5. The molecular formula is C12H8Br2ClFN2. The van der Waals surface area contributed by atoms with Gasteiger partial charge in [0.1, 0.15) is 5.82 Å². The number of hydrogen-bond donors (Lipinski definition) is 2. The van der Waals surface area contributed by atoms with E-state index >= 15 is 0 Å². The van der Waals surface area contributed by atoms with E-state index in [-0.39, 0.29) is 0 Å². The first-order valence-corrected chi connectivity index (χ1v) is 6.90. The lowest BCUT2D eigenvalue weighted by Crippen LogP contribution is -1.98. The van der Waals surface area contributed by atoms with Gasteiger partial charge in [-0.25, -0.2) is 4.39 Å². The second-order valence-corrected chi connectivity index (χ2v) is 5.78. The fraction of sp³-hybridized carbons (Fsp3) is 0. The van der Waals surface area contributed by atoms with E-state index < -0.39 is 5.82 Å². The first kappa shape index (κ1) is 13.6. The van der Waals surface area contributed by atoms with Crippen LogP contribution in [0.4, 0.5) is 21.5 Å². The van der Waals surface area contributed by atoms with Gasteiger partial charge < -0.3 is 11.1 Å². The summed E-state index contributed by atoms with van der Waals surface area (Å²) in [5, 5.41) is 3.53. The van der Waals surface area contributed by atoms with E-state index in [2.05, 4.69) is 37.2 Å². The van der Waals surface area contributed by atoms with Crippen molar-refractivity contribution in [3.63, 3.8) is 0 Å². The molecule has 0 spiro atoms. The Morgan fingerprint density at radius 2 is 1.83 bits per heavy atom. The average molecular weight is 394 g/mol. The normalized spacial score (nSPS) is 10.4. The molecule has 0 aliphatic carbocycles. The zero-order valence-electron chi connectivity index (χ0n) is 8.98. The Kier molecular flexibility index (Phi) is 4.14. The molecular weight excluding hydrogens is 386 g/mol. The van der Waals surface area contributed by atoms with Gasteiger partial charge in [0.05, 0.1) is 26.6 Å². The minimum atomic E-state index is -0.391. The molecule has 0 heterocycles. The van der Waals surface area contributed by atoms with Crippen molar-refractivity contribution >= 4 is 60.5 Å². The third-order valence-corrected chi connectivity index (χ3v) is 3.72. The van der Waals surface area contributed by atoms with E-state index in [1.807, 2.05) is 6.07 Å². The van der Waals surface area contributed by atoms with Gasteiger partial charge in [-0.3, -0.25) is 0 Å². The Labute approximate surface area is 126 Å². The summed E-state index contributed by atoms with van der Waals surface area (Å²) in [6.45, 7) is 0. The van der Waals surface area contributed by atoms with E-state index in [1.54, 1.807) is 12.1 Å². The number of nitrogens with two attached hydrogens (primary N) is 1. The first-order chi connectivity index (χ1) is 8.47. The molecule has 2 rings (SSSR count). The predicted octanol–water partition coefficient (Wildman–Crippen LogP) is 5.33. The Morgan fingerprint density at radius 3 is 2.56 bits per heavy atom. The first-order valence-electron chi connectivity index (χ1n) is 4.94. The molecule has 94 valence electrons. The quantitative estimate of drug-likeness (QED) is 0.676. The van der Waals surface area contributed by atoms with Crippen LogP contribution in [-0.2, 0) is 0 Å². The number of nitrogen functional groups attached to an aromatic ring is 1. The van der Waals surface area contributed by atoms with Gasteiger partial charge in [-0.2, -0.15) is 0 Å². The SMILES string of the molecule is Nc1cc(Br)c(F)cc1Nc1cc(Br)ccc1Cl. The molecule has 2 aromatic rings. The molecule has 18 heavy (non-hydrogen) atoms. The minimum absolute atomic E-state index is 0.325. The number of halogens is 4. The Bertz CT molecular complexity index is 605. The van der Waals surface area contributed by atoms with Crippen LogP contribution in [0.15, 0.2) is 39.3 Å². The van der Waals surface area contributed by atoms with Crippen molar-refractivity contribution in [3.05, 3.63) is 50.1 Å². The van der Waals surface area contributed by atoms with Crippen molar-refractivity contribution < 1.29 is 4.39 Å². The third-order valence-electron chi connectivity index (χ3n) is 2.29. The fourth-order valence-electron chi connectivity index (χ4n) is 1.41. The van der Waals surface area contributed by atoms with Gasteiger partial charge in [-0.1, -0.05) is 27.5 Å². The highest BCUT2D eigenvalue weighted by Gasteiger charge is 2.08. The lowest BCUT2D eigenvalue weighted by Gasteiger charge is -2.12. The van der Waals surface area contributed by atoms with E-state index in [1.165, 1.54) is 12.1 Å². The molecule has 0 aromatic heterocycles. The van der Waals surface area contributed by atoms with Crippen molar-refractivity contribution in [1.82, 2.24) is 0 Å². The Morgan fingerprint density at radius 1 is 1.11 bits per heavy atom. The van der Waals surface area contributed by atoms with Crippen molar-refractivity contribution in [3.8, 4) is 0 Å². The molecule has 2 aromatic carbocycles. The van der Waals surface area contributed by atoms with E-state index in [0.717, 1.165) is 4.47 Å². The van der Waals surface area contributed by atoms with Crippen molar-refractivity contribution in [1.29, 1.82) is 0 Å². The van der Waals surface area contributed by atoms with Crippen LogP contribution in [0.5, 0.6) is 0 Å². The van der Waals surface area contributed by atoms with Gasteiger partial charge in [0.2, 0.25) is 0 Å². The predicted molar refractivity (Wildman–Crippen MR) is 80.9 cm³/mol. The summed E-state index contributed by atoms with van der Waals surface area (Å²) in [5.74, 6) is -0.391. The van der Waals surface area contributed by atoms with Crippen LogP contribution < -0.4 is 11.1 Å². The highest BCUT2D eigenvalue weighted by Crippen LogP contribution is 2.33. The summed E-state index contributed by atoms with van der Waals surface area (Å²) in [5.41, 5.74) is 7.36. The number of anilines is 3. The van der Waals surface area contributed by atoms with Crippen LogP contribution in [0.1, 0.15) is 0 Å². The van der Waals surface area contributed by atoms with Crippen molar-refractivity contribution in [2.75, 3.05) is 11.1 Å². The van der Waals surface area contributed by atoms with Crippen LogP contribution in [0.25, 0.3) is 0 Å². The zero-order valence-corrected chi connectivity index (χ0v) is 12.9. The molecule has 0 saturated heterocycles. The highest BCUT2D eigenvalue weighted by atomic mass is 79.9. The van der Waals surface area contributed by atoms with E-state index in [4.69, 9.17) is 17.3 Å². The minimum Gasteiger partial charge on any atom is -0.397 e. The lowest BCUT2D eigenvalue weighted by molar-refractivity contribution is 0.622. The number of nitrogens with one attached hydrogen (secondary N) is 1. The zero-order chi connectivity index (χ0) is 13.3. The van der Waals surface area contributed by atoms with Gasteiger partial charge in [-0.15, -0.1) is 0 Å². The van der Waals surface area contributed by atoms with Gasteiger partial charge in [0.15, 0.2) is 0 Å². The number of rotatable bonds is 2. The van der Waals surface area contributed by atoms with E-state index in [0.29, 0.717) is 26.6 Å². The molecule has 0 aliphatic rings. The van der Waals surface area contributed by atoms with Crippen LogP contribution in [0, 0.1) is 5.82 Å². The van der Waals surface area contributed by atoms with E-state index in [9.17, 15) is 4.39 Å². The van der Waals surface area contributed by atoms with Crippen molar-refractivity contribution in [2.45, 2.75) is 0 Å². The summed E-state index contributed by atoms with van der Waals surface area (Å²) in [6.07, 6.45) is 0. The average Bonchev–Trinajstić information content (AvgIpc) is 2.30. The molecule has 0 bridgehead atoms. The fourth-order valence-corrected chi connectivity index (χ4v) is 2.30. The number of benzene rings is 2. The largest absolute Gasteiger partial charge is 0.397 e. The topological polar surface area (TPSA) is 38.0 Å². The molecule has 0 amide bonds. The maximum absolute atomic E-state index is 13.5. The highest BCUT2D eigenvalue weighted by molar-refractivity contribution is 9.10. The smallest absolute Gasteiger partial charge is 0.139 e. The Hall–Kier alpha value is -0.780. The molecule has 0 radical (unpaired) electrons. The third kappa shape index (κ3) is 2.96. The van der Waals surface area contributed by atoms with Crippen LogP contribution in [0.2, 0.25) is 5.02 Å². The standard InChI is InChI=1S/C12H8Br2ClFN2/c13-6-1-2-8(15)11(3-6)18-12-5-9(16)7(14)4-10(12)17/h1-5,18H,17H2. The van der Waals surface area contributed by atoms with Crippen LogP contribution >= 0.6 is 43.5 Å². The monoisotopic (exact) mass is 392 g/mol. The van der Waals surface area contributed by atoms with Gasteiger partial charge >= 0.3 is 0 Å². The van der Waals surface area contributed by atoms with Crippen LogP contribution in [-0.4, -0.2) is 0 Å². The van der Waals surface area contributed by atoms with Gasteiger partial charge in [0.25, 0.3) is 0 Å². The second kappa shape index (κ2) is 5.47. The molecule has 0 atom stereocenters. The molecule has 6 heteroatoms. The second-order valence-electron chi connectivity index (χ2n) is 3.60. The van der Waals surface area contributed by atoms with Gasteiger partial charge in [-0.05, 0) is 40.2 Å². The molecule has 3 N–H and O–H groups in total. The molecule has 0 fully saturated rings. The van der Waals surface area contributed by atoms with Crippen molar-refractivity contribution in [2.24, 2.45) is 0 Å². The molecule has 0 saturated carbocycles. The summed E-state index contributed by atoms with van der Waals surface area (Å²) in [4.78, 5) is 0. The number of hydrogen-bond acceptors (Lipinski definition) is 2. The van der Waals surface area contributed by atoms with Gasteiger partial charge in [0, 0.05) is 10.5 Å². The molecule has 0 aliphatic heterocycles. The lowest BCUT2D eigenvalue weighted by atomic mass is 10.2. The van der Waals surface area contributed by atoms with Crippen LogP contribution in [0.3, 0.4) is 0 Å². The summed E-state index contributed by atoms with van der Waals surface area (Å²) in [7, 11) is 0. The maximum Gasteiger partial charge on any atom is 0.139 e. The summed E-state index contributed by atoms with van der Waals surface area (Å²) < 4.78 is 14.6. The molecule has 0 unspecified atom stereocenters. The maximum atomic E-state index is 13.5. The molecule has 2 nitrogen and oxygen atoms in total. The Balaban J connectivity index is 2.40. The summed E-state index contributed by atoms with van der Waals surface area (Å²) in [6, 6.07) is 8.17.